The van der Waals surface area contributed by atoms with E-state index in [1.54, 1.807) is 7.11 Å². The van der Waals surface area contributed by atoms with Gasteiger partial charge in [0, 0.05) is 67.7 Å². The predicted octanol–water partition coefficient (Wildman–Crippen LogP) is 5.41. The van der Waals surface area contributed by atoms with Gasteiger partial charge in [-0.1, -0.05) is 36.4 Å². The van der Waals surface area contributed by atoms with Crippen LogP contribution in [0, 0.1) is 11.8 Å². The Balaban J connectivity index is 1.10. The van der Waals surface area contributed by atoms with Crippen molar-refractivity contribution in [1.82, 2.24) is 23.9 Å². The average molecular weight is 629 g/mol. The molecule has 3 atom stereocenters. The molecule has 2 amide bonds. The Kier molecular flexibility index (Phi) is 6.51. The number of piperidine rings is 1. The maximum absolute atomic E-state index is 13.8. The van der Waals surface area contributed by atoms with Gasteiger partial charge in [0.15, 0.2) is 5.82 Å². The Bertz CT molecular complexity index is 2050. The van der Waals surface area contributed by atoms with Crippen LogP contribution in [0.15, 0.2) is 66.7 Å². The number of methoxy groups -OCH3 is 1. The zero-order chi connectivity index (χ0) is 32.0. The van der Waals surface area contributed by atoms with Crippen molar-refractivity contribution in [2.24, 2.45) is 24.6 Å². The van der Waals surface area contributed by atoms with Crippen LogP contribution in [0.25, 0.3) is 33.5 Å². The minimum Gasteiger partial charge on any atom is -0.494 e. The van der Waals surface area contributed by atoms with E-state index in [9.17, 15) is 9.59 Å². The van der Waals surface area contributed by atoms with Crippen molar-refractivity contribution in [3.05, 3.63) is 83.4 Å². The molecule has 9 rings (SSSR count). The number of imidazole rings is 1. The molecular weight excluding hydrogens is 588 g/mol. The van der Waals surface area contributed by atoms with Crippen LogP contribution in [-0.4, -0.2) is 74.6 Å². The van der Waals surface area contributed by atoms with Gasteiger partial charge in [0.25, 0.3) is 11.8 Å². The Morgan fingerprint density at radius 3 is 2.40 bits per heavy atom. The molecule has 240 valence electrons. The number of hydrogen-bond acceptors (Lipinski definition) is 5. The van der Waals surface area contributed by atoms with Crippen LogP contribution >= 0.6 is 0 Å². The number of likely N-dealkylation sites (tertiary alicyclic amines) is 2. The van der Waals surface area contributed by atoms with Gasteiger partial charge in [0.05, 0.1) is 23.8 Å². The smallest absolute Gasteiger partial charge is 0.254 e. The number of carbonyl (C=O) groups is 2. The number of nitrogens with zero attached hydrogens (tertiary/aromatic N) is 5. The van der Waals surface area contributed by atoms with Crippen LogP contribution in [0.1, 0.15) is 57.9 Å². The maximum atomic E-state index is 13.8. The molecule has 0 spiro atoms. The summed E-state index contributed by atoms with van der Waals surface area (Å²) >= 11 is 0. The molecule has 2 aliphatic heterocycles. The highest BCUT2D eigenvalue weighted by molar-refractivity contribution is 6.01. The van der Waals surface area contributed by atoms with Gasteiger partial charge in [-0.15, -0.1) is 0 Å². The molecule has 3 aromatic carbocycles. The van der Waals surface area contributed by atoms with E-state index in [4.69, 9.17) is 15.5 Å². The number of carbonyl (C=O) groups excluding carboxylic acids is 2. The monoisotopic (exact) mass is 628 g/mol. The molecule has 0 unspecified atom stereocenters. The molecule has 4 heterocycles. The number of fused-ring (bicyclic) bond motifs is 4. The summed E-state index contributed by atoms with van der Waals surface area (Å²) in [6.07, 6.45) is 4.53. The van der Waals surface area contributed by atoms with Crippen LogP contribution < -0.4 is 10.5 Å². The summed E-state index contributed by atoms with van der Waals surface area (Å²) in [5.74, 6) is 2.90. The lowest BCUT2D eigenvalue weighted by Gasteiger charge is -2.40. The minimum absolute atomic E-state index is 0.00725. The lowest BCUT2D eigenvalue weighted by molar-refractivity contribution is 0.0603. The number of hydrogen-bond donors (Lipinski definition) is 1. The van der Waals surface area contributed by atoms with Gasteiger partial charge in [-0.05, 0) is 73.4 Å². The first-order valence-electron chi connectivity index (χ1n) is 17.0. The van der Waals surface area contributed by atoms with Crippen LogP contribution in [0.3, 0.4) is 0 Å². The third-order valence-electron chi connectivity index (χ3n) is 11.3. The molecule has 2 aliphatic carbocycles. The summed E-state index contributed by atoms with van der Waals surface area (Å²) in [6.45, 7) is 3.07. The van der Waals surface area contributed by atoms with E-state index in [-0.39, 0.29) is 29.8 Å². The highest BCUT2D eigenvalue weighted by Crippen LogP contribution is 2.42. The molecule has 5 aromatic rings. The van der Waals surface area contributed by atoms with Crippen LogP contribution in [0.5, 0.6) is 5.75 Å². The van der Waals surface area contributed by atoms with Crippen molar-refractivity contribution in [2.75, 3.05) is 26.7 Å². The van der Waals surface area contributed by atoms with Gasteiger partial charge in [-0.25, -0.2) is 4.98 Å². The van der Waals surface area contributed by atoms with Crippen LogP contribution in [0.4, 0.5) is 0 Å². The molecule has 2 N–H and O–H groups in total. The second kappa shape index (κ2) is 10.7. The van der Waals surface area contributed by atoms with Crippen molar-refractivity contribution in [2.45, 2.75) is 50.2 Å². The van der Waals surface area contributed by atoms with Gasteiger partial charge in [0.2, 0.25) is 0 Å². The highest BCUT2D eigenvalue weighted by Gasteiger charge is 2.47. The summed E-state index contributed by atoms with van der Waals surface area (Å²) in [4.78, 5) is 36.0. The standard InChI is InChI=1S/C38H40N6O3/c1-41-35-29(15-26(17-32(35)47-2)38(46)44-21-25-13-14-30(44)33(25)39)40-36(41)31-16-24-9-6-10-28(34(24)43(31)18-22-11-12-22)27-19-42(20-27)37(45)23-7-4-3-5-8-23/h3-10,15-17,22,25,27,30,33H,11-14,18-21,39H2,1-2H3/t25-,30-,33-/m1/s1. The fourth-order valence-electron chi connectivity index (χ4n) is 8.49. The first-order chi connectivity index (χ1) is 22.9. The molecule has 9 nitrogen and oxygen atoms in total. The molecule has 0 radical (unpaired) electrons. The van der Waals surface area contributed by atoms with Crippen molar-refractivity contribution in [1.29, 1.82) is 0 Å². The third kappa shape index (κ3) is 4.50. The van der Waals surface area contributed by atoms with Crippen LogP contribution in [0.2, 0.25) is 0 Å². The van der Waals surface area contributed by atoms with E-state index >= 15 is 0 Å². The fraction of sp³-hybridized carbons (Fsp3) is 0.395. The highest BCUT2D eigenvalue weighted by atomic mass is 16.5. The predicted molar refractivity (Wildman–Crippen MR) is 182 cm³/mol. The molecule has 47 heavy (non-hydrogen) atoms. The van der Waals surface area contributed by atoms with Crippen molar-refractivity contribution >= 4 is 33.8 Å². The summed E-state index contributed by atoms with van der Waals surface area (Å²) in [6, 6.07) is 22.3. The van der Waals surface area contributed by atoms with Crippen molar-refractivity contribution in [3.8, 4) is 17.3 Å². The Morgan fingerprint density at radius 2 is 1.70 bits per heavy atom. The number of aryl methyl sites for hydroxylation is 1. The summed E-state index contributed by atoms with van der Waals surface area (Å²) in [5, 5.41) is 1.18. The SMILES string of the molecule is COc1cc(C(=O)N2C[C@H]3CC[C@@H]2[C@@H]3N)cc2nc(-c3cc4cccc(C5CN(C(=O)c6ccccc6)C5)c4n3CC3CC3)n(C)c12. The number of amides is 2. The van der Waals surface area contributed by atoms with E-state index in [0.29, 0.717) is 36.2 Å². The second-order valence-corrected chi connectivity index (χ2v) is 14.1. The van der Waals surface area contributed by atoms with Gasteiger partial charge >= 0.3 is 0 Å². The summed E-state index contributed by atoms with van der Waals surface area (Å²) < 4.78 is 10.5. The first-order valence-corrected chi connectivity index (χ1v) is 17.0. The van der Waals surface area contributed by atoms with Crippen molar-refractivity contribution < 1.29 is 14.3 Å². The number of aromatic nitrogens is 3. The average Bonchev–Trinajstić information content (AvgIpc) is 3.46. The fourth-order valence-corrected chi connectivity index (χ4v) is 8.49. The zero-order valence-electron chi connectivity index (χ0n) is 26.9. The number of benzene rings is 3. The lowest BCUT2D eigenvalue weighted by atomic mass is 9.89. The number of para-hydroxylation sites is 1. The van der Waals surface area contributed by atoms with Gasteiger partial charge in [-0.3, -0.25) is 9.59 Å². The molecule has 2 bridgehead atoms. The molecule has 4 fully saturated rings. The third-order valence-corrected chi connectivity index (χ3v) is 11.3. The molecular formula is C38H40N6O3. The van der Waals surface area contributed by atoms with E-state index in [1.807, 2.05) is 59.3 Å². The van der Waals surface area contributed by atoms with E-state index in [1.165, 1.54) is 29.3 Å². The number of ether oxygens (including phenoxy) is 1. The number of rotatable bonds is 7. The molecule has 2 saturated carbocycles. The quantitative estimate of drug-likeness (QED) is 0.260. The minimum atomic E-state index is 0.00725. The van der Waals surface area contributed by atoms with Crippen LogP contribution in [-0.2, 0) is 13.6 Å². The first kappa shape index (κ1) is 28.6. The second-order valence-electron chi connectivity index (χ2n) is 14.1. The molecule has 2 saturated heterocycles. The zero-order valence-corrected chi connectivity index (χ0v) is 26.9. The van der Waals surface area contributed by atoms with Gasteiger partial charge in [0.1, 0.15) is 11.3 Å². The lowest BCUT2D eigenvalue weighted by Crippen LogP contribution is -2.48. The van der Waals surface area contributed by atoms with Crippen molar-refractivity contribution in [3.63, 3.8) is 0 Å². The Labute approximate surface area is 273 Å². The summed E-state index contributed by atoms with van der Waals surface area (Å²) in [7, 11) is 3.69. The molecule has 2 aromatic heterocycles. The molecule has 9 heteroatoms. The van der Waals surface area contributed by atoms with E-state index in [2.05, 4.69) is 33.4 Å². The van der Waals surface area contributed by atoms with E-state index < -0.39 is 0 Å². The summed E-state index contributed by atoms with van der Waals surface area (Å²) in [5.41, 5.74) is 13.0. The maximum Gasteiger partial charge on any atom is 0.254 e. The topological polar surface area (TPSA) is 98.6 Å². The van der Waals surface area contributed by atoms with Gasteiger partial charge < -0.3 is 29.4 Å². The van der Waals surface area contributed by atoms with E-state index in [0.717, 1.165) is 54.0 Å². The Morgan fingerprint density at radius 1 is 0.894 bits per heavy atom. The van der Waals surface area contributed by atoms with Gasteiger partial charge in [-0.2, -0.15) is 0 Å². The normalized spacial score (nSPS) is 22.4. The Hall–Kier alpha value is -4.63. The largest absolute Gasteiger partial charge is 0.494 e. The molecule has 4 aliphatic rings. The number of nitrogens with two attached hydrogens (primary N) is 1.